The second-order valence-electron chi connectivity index (χ2n) is 5.86. The van der Waals surface area contributed by atoms with Gasteiger partial charge in [0.25, 0.3) is 0 Å². The average Bonchev–Trinajstić information content (AvgIpc) is 3.10. The average molecular weight is 277 g/mol. The first-order chi connectivity index (χ1) is 9.72. The smallest absolute Gasteiger partial charge is 0.224 e. The quantitative estimate of drug-likeness (QED) is 0.823. The lowest BCUT2D eigenvalue weighted by molar-refractivity contribution is -0.125. The molecule has 0 bridgehead atoms. The fraction of sp³-hybridized carbons (Fsp3) is 0.714. The van der Waals surface area contributed by atoms with Crippen molar-refractivity contribution in [1.82, 2.24) is 20.4 Å². The van der Waals surface area contributed by atoms with Crippen molar-refractivity contribution in [2.24, 2.45) is 13.0 Å². The first kappa shape index (κ1) is 13.4. The van der Waals surface area contributed by atoms with Crippen LogP contribution >= 0.6 is 0 Å². The molecule has 2 aliphatic rings. The molecule has 20 heavy (non-hydrogen) atoms. The zero-order valence-electron chi connectivity index (χ0n) is 12.0. The van der Waals surface area contributed by atoms with Gasteiger partial charge in [-0.2, -0.15) is 5.10 Å². The maximum atomic E-state index is 12.2. The number of hydrogen-bond donors (Lipinski definition) is 2. The van der Waals surface area contributed by atoms with Crippen LogP contribution in [0.3, 0.4) is 0 Å². The molecule has 2 unspecified atom stereocenters. The summed E-state index contributed by atoms with van der Waals surface area (Å²) in [4.78, 5) is 14.5. The standard InChI is InChI=1S/C14H23N5O/c1-18-10-13(8-16-18)19-6-2-3-12(9-19)17-14(20)11-4-5-15-7-11/h8,10-12,15H,2-7,9H2,1H3,(H,17,20). The molecule has 2 atom stereocenters. The Morgan fingerprint density at radius 2 is 2.40 bits per heavy atom. The van der Waals surface area contributed by atoms with Gasteiger partial charge >= 0.3 is 0 Å². The minimum Gasteiger partial charge on any atom is -0.367 e. The molecule has 0 aliphatic carbocycles. The van der Waals surface area contributed by atoms with E-state index >= 15 is 0 Å². The maximum Gasteiger partial charge on any atom is 0.224 e. The van der Waals surface area contributed by atoms with Gasteiger partial charge in [-0.25, -0.2) is 0 Å². The van der Waals surface area contributed by atoms with Crippen LogP contribution in [0.25, 0.3) is 0 Å². The number of carbonyl (C=O) groups excluding carboxylic acids is 1. The first-order valence-electron chi connectivity index (χ1n) is 7.47. The number of nitrogens with zero attached hydrogens (tertiary/aromatic N) is 3. The molecule has 2 saturated heterocycles. The van der Waals surface area contributed by atoms with Gasteiger partial charge < -0.3 is 15.5 Å². The molecule has 0 saturated carbocycles. The van der Waals surface area contributed by atoms with E-state index in [9.17, 15) is 4.79 Å². The van der Waals surface area contributed by atoms with E-state index in [1.165, 1.54) is 0 Å². The minimum absolute atomic E-state index is 0.156. The van der Waals surface area contributed by atoms with Gasteiger partial charge in [0, 0.05) is 38.9 Å². The van der Waals surface area contributed by atoms with Crippen LogP contribution in [0.2, 0.25) is 0 Å². The molecule has 1 aromatic rings. The van der Waals surface area contributed by atoms with E-state index in [0.717, 1.165) is 51.1 Å². The number of rotatable bonds is 3. The number of aryl methyl sites for hydroxylation is 1. The molecule has 6 nitrogen and oxygen atoms in total. The topological polar surface area (TPSA) is 62.2 Å². The molecule has 3 heterocycles. The molecule has 0 spiro atoms. The predicted molar refractivity (Wildman–Crippen MR) is 77.6 cm³/mol. The number of amides is 1. The van der Waals surface area contributed by atoms with Gasteiger partial charge in [-0.15, -0.1) is 0 Å². The molecule has 0 radical (unpaired) electrons. The minimum atomic E-state index is 0.156. The van der Waals surface area contributed by atoms with Crippen molar-refractivity contribution in [3.05, 3.63) is 12.4 Å². The van der Waals surface area contributed by atoms with Crippen LogP contribution < -0.4 is 15.5 Å². The van der Waals surface area contributed by atoms with E-state index in [-0.39, 0.29) is 17.9 Å². The Morgan fingerprint density at radius 1 is 1.50 bits per heavy atom. The van der Waals surface area contributed by atoms with Crippen molar-refractivity contribution in [1.29, 1.82) is 0 Å². The summed E-state index contributed by atoms with van der Waals surface area (Å²) in [6.45, 7) is 3.72. The number of hydrogen-bond acceptors (Lipinski definition) is 4. The van der Waals surface area contributed by atoms with Crippen LogP contribution in [0.5, 0.6) is 0 Å². The van der Waals surface area contributed by atoms with Gasteiger partial charge in [0.15, 0.2) is 0 Å². The Balaban J connectivity index is 1.56. The van der Waals surface area contributed by atoms with Gasteiger partial charge in [0.1, 0.15) is 0 Å². The summed E-state index contributed by atoms with van der Waals surface area (Å²) in [6, 6.07) is 0.261. The molecule has 0 aromatic carbocycles. The SMILES string of the molecule is Cn1cc(N2CCCC(NC(=O)C3CCNC3)C2)cn1. The third-order valence-corrected chi connectivity index (χ3v) is 4.26. The second kappa shape index (κ2) is 5.83. The number of nitrogens with one attached hydrogen (secondary N) is 2. The zero-order chi connectivity index (χ0) is 13.9. The summed E-state index contributed by atoms with van der Waals surface area (Å²) >= 11 is 0. The van der Waals surface area contributed by atoms with E-state index < -0.39 is 0 Å². The van der Waals surface area contributed by atoms with Crippen molar-refractivity contribution in [2.45, 2.75) is 25.3 Å². The van der Waals surface area contributed by atoms with Gasteiger partial charge in [-0.1, -0.05) is 0 Å². The van der Waals surface area contributed by atoms with Gasteiger partial charge in [0.2, 0.25) is 5.91 Å². The number of aromatic nitrogens is 2. The van der Waals surface area contributed by atoms with E-state index in [0.29, 0.717) is 0 Å². The fourth-order valence-corrected chi connectivity index (χ4v) is 3.10. The van der Waals surface area contributed by atoms with Crippen molar-refractivity contribution in [2.75, 3.05) is 31.1 Å². The molecule has 3 rings (SSSR count). The largest absolute Gasteiger partial charge is 0.367 e. The van der Waals surface area contributed by atoms with Crippen LogP contribution in [0.4, 0.5) is 5.69 Å². The Bertz CT molecular complexity index is 466. The molecular formula is C14H23N5O. The van der Waals surface area contributed by atoms with Crippen molar-refractivity contribution in [3.63, 3.8) is 0 Å². The normalized spacial score (nSPS) is 26.8. The van der Waals surface area contributed by atoms with Crippen molar-refractivity contribution >= 4 is 11.6 Å². The third kappa shape index (κ3) is 2.95. The summed E-state index contributed by atoms with van der Waals surface area (Å²) in [6.07, 6.45) is 7.08. The molecule has 2 aliphatic heterocycles. The van der Waals surface area contributed by atoms with Crippen LogP contribution in [-0.4, -0.2) is 47.9 Å². The van der Waals surface area contributed by atoms with Crippen LogP contribution in [-0.2, 0) is 11.8 Å². The van der Waals surface area contributed by atoms with E-state index in [1.807, 2.05) is 24.1 Å². The molecule has 2 N–H and O–H groups in total. The van der Waals surface area contributed by atoms with Crippen molar-refractivity contribution < 1.29 is 4.79 Å². The predicted octanol–water partition coefficient (Wildman–Crippen LogP) is 0.115. The van der Waals surface area contributed by atoms with Crippen LogP contribution in [0.15, 0.2) is 12.4 Å². The second-order valence-corrected chi connectivity index (χ2v) is 5.86. The molecule has 2 fully saturated rings. The van der Waals surface area contributed by atoms with E-state index in [1.54, 1.807) is 0 Å². The van der Waals surface area contributed by atoms with E-state index in [2.05, 4.69) is 20.6 Å². The Labute approximate surface area is 119 Å². The fourth-order valence-electron chi connectivity index (χ4n) is 3.10. The molecule has 6 heteroatoms. The molecule has 1 aromatic heterocycles. The van der Waals surface area contributed by atoms with Gasteiger partial charge in [0.05, 0.1) is 17.8 Å². The lowest BCUT2D eigenvalue weighted by Crippen LogP contribution is -2.49. The summed E-state index contributed by atoms with van der Waals surface area (Å²) in [5.41, 5.74) is 1.15. The van der Waals surface area contributed by atoms with Crippen LogP contribution in [0, 0.1) is 5.92 Å². The highest BCUT2D eigenvalue weighted by Gasteiger charge is 2.27. The maximum absolute atomic E-state index is 12.2. The Hall–Kier alpha value is -1.56. The summed E-state index contributed by atoms with van der Waals surface area (Å²) in [7, 11) is 1.93. The lowest BCUT2D eigenvalue weighted by Gasteiger charge is -2.34. The first-order valence-corrected chi connectivity index (χ1v) is 7.47. The van der Waals surface area contributed by atoms with Gasteiger partial charge in [-0.05, 0) is 25.8 Å². The molecule has 110 valence electrons. The summed E-state index contributed by atoms with van der Waals surface area (Å²) < 4.78 is 1.82. The van der Waals surface area contributed by atoms with E-state index in [4.69, 9.17) is 0 Å². The molecule has 1 amide bonds. The zero-order valence-corrected chi connectivity index (χ0v) is 12.0. The highest BCUT2D eigenvalue weighted by molar-refractivity contribution is 5.79. The molecular weight excluding hydrogens is 254 g/mol. The Morgan fingerprint density at radius 3 is 3.10 bits per heavy atom. The van der Waals surface area contributed by atoms with Gasteiger partial charge in [-0.3, -0.25) is 9.48 Å². The summed E-state index contributed by atoms with van der Waals surface area (Å²) in [5.74, 6) is 0.372. The van der Waals surface area contributed by atoms with Crippen molar-refractivity contribution in [3.8, 4) is 0 Å². The van der Waals surface area contributed by atoms with Crippen LogP contribution in [0.1, 0.15) is 19.3 Å². The third-order valence-electron chi connectivity index (χ3n) is 4.26. The lowest BCUT2D eigenvalue weighted by atomic mass is 10.0. The number of anilines is 1. The number of piperidine rings is 1. The number of carbonyl (C=O) groups is 1. The highest BCUT2D eigenvalue weighted by atomic mass is 16.2. The highest BCUT2D eigenvalue weighted by Crippen LogP contribution is 2.19. The summed E-state index contributed by atoms with van der Waals surface area (Å²) in [5, 5.41) is 10.7. The monoisotopic (exact) mass is 277 g/mol. The Kier molecular flexibility index (Phi) is 3.91.